The Bertz CT molecular complexity index is 660. The van der Waals surface area contributed by atoms with E-state index in [0.717, 1.165) is 6.54 Å². The van der Waals surface area contributed by atoms with Crippen LogP contribution in [0.2, 0.25) is 0 Å². The molecule has 0 spiro atoms. The molecule has 0 aliphatic heterocycles. The van der Waals surface area contributed by atoms with E-state index in [2.05, 4.69) is 41.7 Å². The highest BCUT2D eigenvalue weighted by atomic mass is 35.5. The summed E-state index contributed by atoms with van der Waals surface area (Å²) >= 11 is 0. The number of hydrogen-bond donors (Lipinski definition) is 1. The van der Waals surface area contributed by atoms with Crippen LogP contribution in [-0.4, -0.2) is 44.8 Å². The number of halogens is 1. The summed E-state index contributed by atoms with van der Waals surface area (Å²) in [6, 6.07) is 16.7. The molecule has 1 aliphatic rings. The first-order valence-corrected chi connectivity index (χ1v) is 7.93. The minimum Gasteiger partial charge on any atom is -0.448 e. The van der Waals surface area contributed by atoms with Gasteiger partial charge in [-0.05, 0) is 29.3 Å². The summed E-state index contributed by atoms with van der Waals surface area (Å²) in [5, 5.41) is 3.03. The van der Waals surface area contributed by atoms with Gasteiger partial charge in [-0.15, -0.1) is 12.4 Å². The molecule has 24 heavy (non-hydrogen) atoms. The van der Waals surface area contributed by atoms with E-state index >= 15 is 0 Å². The van der Waals surface area contributed by atoms with Crippen molar-refractivity contribution < 1.29 is 9.53 Å². The normalized spacial score (nSPS) is 12.1. The van der Waals surface area contributed by atoms with E-state index in [0.29, 0.717) is 13.2 Å². The van der Waals surface area contributed by atoms with E-state index in [1.807, 2.05) is 19.2 Å². The minimum absolute atomic E-state index is 0. The van der Waals surface area contributed by atoms with Gasteiger partial charge in [-0.2, -0.15) is 0 Å². The summed E-state index contributed by atoms with van der Waals surface area (Å²) in [5.74, 6) is 0.115. The maximum Gasteiger partial charge on any atom is 0.409 e. The number of nitrogens with one attached hydrogen (secondary N) is 1. The van der Waals surface area contributed by atoms with Crippen LogP contribution in [0.3, 0.4) is 0 Å². The van der Waals surface area contributed by atoms with Gasteiger partial charge in [0.05, 0.1) is 0 Å². The fraction of sp³-hybridized carbons (Fsp3) is 0.316. The molecule has 0 saturated heterocycles. The molecule has 2 aromatic carbocycles. The van der Waals surface area contributed by atoms with Crippen molar-refractivity contribution in [1.29, 1.82) is 0 Å². The lowest BCUT2D eigenvalue weighted by molar-refractivity contribution is 0.109. The predicted molar refractivity (Wildman–Crippen MR) is 98.9 cm³/mol. The van der Waals surface area contributed by atoms with Crippen LogP contribution in [0, 0.1) is 0 Å². The van der Waals surface area contributed by atoms with Gasteiger partial charge in [0, 0.05) is 26.1 Å². The lowest BCUT2D eigenvalue weighted by Crippen LogP contribution is -2.33. The lowest BCUT2D eigenvalue weighted by Gasteiger charge is -2.19. The van der Waals surface area contributed by atoms with Crippen LogP contribution in [0.5, 0.6) is 0 Å². The van der Waals surface area contributed by atoms with Crippen molar-refractivity contribution in [3.63, 3.8) is 0 Å². The van der Waals surface area contributed by atoms with Crippen LogP contribution < -0.4 is 5.32 Å². The SMILES string of the molecule is CNCCN(C)C(=O)OCC1c2ccccc2-c2ccccc21.Cl. The summed E-state index contributed by atoms with van der Waals surface area (Å²) in [6.07, 6.45) is -0.276. The Morgan fingerprint density at radius 1 is 1.08 bits per heavy atom. The zero-order chi connectivity index (χ0) is 16.2. The van der Waals surface area contributed by atoms with Gasteiger partial charge in [0.25, 0.3) is 0 Å². The van der Waals surface area contributed by atoms with E-state index in [9.17, 15) is 4.79 Å². The van der Waals surface area contributed by atoms with Crippen LogP contribution in [0.25, 0.3) is 11.1 Å². The molecule has 1 N–H and O–H groups in total. The monoisotopic (exact) mass is 346 g/mol. The Kier molecular flexibility index (Phi) is 6.23. The summed E-state index contributed by atoms with van der Waals surface area (Å²) in [4.78, 5) is 13.7. The maximum atomic E-state index is 12.1. The van der Waals surface area contributed by atoms with E-state index in [4.69, 9.17) is 4.74 Å². The van der Waals surface area contributed by atoms with E-state index in [-0.39, 0.29) is 24.4 Å². The molecule has 1 amide bonds. The van der Waals surface area contributed by atoms with Crippen molar-refractivity contribution in [3.05, 3.63) is 59.7 Å². The zero-order valence-corrected chi connectivity index (χ0v) is 14.8. The Morgan fingerprint density at radius 3 is 2.17 bits per heavy atom. The van der Waals surface area contributed by atoms with Crippen LogP contribution in [-0.2, 0) is 4.74 Å². The molecule has 4 nitrogen and oxygen atoms in total. The average molecular weight is 347 g/mol. The highest BCUT2D eigenvalue weighted by Crippen LogP contribution is 2.44. The van der Waals surface area contributed by atoms with Gasteiger partial charge < -0.3 is 15.0 Å². The molecule has 1 aliphatic carbocycles. The summed E-state index contributed by atoms with van der Waals surface area (Å²) < 4.78 is 5.56. The number of hydrogen-bond acceptors (Lipinski definition) is 3. The molecule has 0 heterocycles. The van der Waals surface area contributed by atoms with Gasteiger partial charge >= 0.3 is 6.09 Å². The largest absolute Gasteiger partial charge is 0.448 e. The third-order valence-corrected chi connectivity index (χ3v) is 4.34. The van der Waals surface area contributed by atoms with E-state index in [1.54, 1.807) is 11.9 Å². The summed E-state index contributed by atoms with van der Waals surface area (Å²) in [6.45, 7) is 1.75. The topological polar surface area (TPSA) is 41.6 Å². The fourth-order valence-corrected chi connectivity index (χ4v) is 3.08. The molecular formula is C19H23ClN2O2. The van der Waals surface area contributed by atoms with Gasteiger partial charge in [0.15, 0.2) is 0 Å². The number of benzene rings is 2. The second-order valence-electron chi connectivity index (χ2n) is 5.83. The molecule has 3 rings (SSSR count). The first-order valence-electron chi connectivity index (χ1n) is 7.93. The van der Waals surface area contributed by atoms with Crippen LogP contribution in [0.1, 0.15) is 17.0 Å². The van der Waals surface area contributed by atoms with Crippen molar-refractivity contribution in [1.82, 2.24) is 10.2 Å². The molecule has 2 aromatic rings. The molecule has 128 valence electrons. The third-order valence-electron chi connectivity index (χ3n) is 4.34. The summed E-state index contributed by atoms with van der Waals surface area (Å²) in [7, 11) is 3.63. The van der Waals surface area contributed by atoms with Crippen LogP contribution in [0.15, 0.2) is 48.5 Å². The van der Waals surface area contributed by atoms with Gasteiger partial charge in [0.2, 0.25) is 0 Å². The molecule has 5 heteroatoms. The molecule has 0 aromatic heterocycles. The van der Waals surface area contributed by atoms with Crippen molar-refractivity contribution in [3.8, 4) is 11.1 Å². The number of carbonyl (C=O) groups is 1. The van der Waals surface area contributed by atoms with E-state index in [1.165, 1.54) is 22.3 Å². The van der Waals surface area contributed by atoms with Crippen LogP contribution in [0.4, 0.5) is 4.79 Å². The maximum absolute atomic E-state index is 12.1. The average Bonchev–Trinajstić information content (AvgIpc) is 2.91. The number of ether oxygens (including phenoxy) is 1. The molecule has 0 fully saturated rings. The highest BCUT2D eigenvalue weighted by molar-refractivity contribution is 5.85. The zero-order valence-electron chi connectivity index (χ0n) is 14.0. The smallest absolute Gasteiger partial charge is 0.409 e. The second-order valence-corrected chi connectivity index (χ2v) is 5.83. The number of nitrogens with zero attached hydrogens (tertiary/aromatic N) is 1. The number of likely N-dealkylation sites (N-methyl/N-ethyl adjacent to an activating group) is 2. The van der Waals surface area contributed by atoms with Crippen molar-refractivity contribution in [2.24, 2.45) is 0 Å². The molecular weight excluding hydrogens is 324 g/mol. The Balaban J connectivity index is 0.00000208. The molecule has 0 atom stereocenters. The highest BCUT2D eigenvalue weighted by Gasteiger charge is 2.29. The molecule has 0 radical (unpaired) electrons. The number of amides is 1. The predicted octanol–water partition coefficient (Wildman–Crippen LogP) is 3.51. The Morgan fingerprint density at radius 2 is 1.62 bits per heavy atom. The quantitative estimate of drug-likeness (QED) is 0.900. The fourth-order valence-electron chi connectivity index (χ4n) is 3.08. The second kappa shape index (κ2) is 8.18. The van der Waals surface area contributed by atoms with Gasteiger partial charge in [-0.1, -0.05) is 48.5 Å². The summed E-state index contributed by atoms with van der Waals surface area (Å²) in [5.41, 5.74) is 4.96. The van der Waals surface area contributed by atoms with Gasteiger partial charge in [-0.3, -0.25) is 0 Å². The molecule has 0 unspecified atom stereocenters. The van der Waals surface area contributed by atoms with Crippen molar-refractivity contribution >= 4 is 18.5 Å². The lowest BCUT2D eigenvalue weighted by atomic mass is 9.98. The minimum atomic E-state index is -0.276. The first-order chi connectivity index (χ1) is 11.2. The van der Waals surface area contributed by atoms with Crippen LogP contribution >= 0.6 is 12.4 Å². The Hall–Kier alpha value is -2.04. The third kappa shape index (κ3) is 3.55. The molecule has 0 bridgehead atoms. The van der Waals surface area contributed by atoms with Crippen molar-refractivity contribution in [2.45, 2.75) is 5.92 Å². The molecule has 0 saturated carbocycles. The van der Waals surface area contributed by atoms with Gasteiger partial charge in [-0.25, -0.2) is 4.79 Å². The van der Waals surface area contributed by atoms with E-state index < -0.39 is 0 Å². The Labute approximate surface area is 149 Å². The number of carbonyl (C=O) groups excluding carboxylic acids is 1. The standard InChI is InChI=1S/C19H22N2O2.ClH/c1-20-11-12-21(2)19(22)23-13-18-16-9-5-3-7-14(16)15-8-4-6-10-17(15)18;/h3-10,18,20H,11-13H2,1-2H3;1H. The first kappa shape index (κ1) is 18.3. The number of fused-ring (bicyclic) bond motifs is 3. The number of rotatable bonds is 5. The van der Waals surface area contributed by atoms with Gasteiger partial charge in [0.1, 0.15) is 6.61 Å². The van der Waals surface area contributed by atoms with Crippen molar-refractivity contribution in [2.75, 3.05) is 33.8 Å².